The Bertz CT molecular complexity index is 8630. The molecule has 26 aromatic rings. The van der Waals surface area contributed by atoms with E-state index in [9.17, 15) is 0 Å². The van der Waals surface area contributed by atoms with Crippen LogP contribution in [0.25, 0.3) is 229 Å². The molecule has 26 rings (SSSR count). The Labute approximate surface area is 741 Å². The number of imidazole rings is 1. The Balaban J connectivity index is 0.000000108. The van der Waals surface area contributed by atoms with Crippen LogP contribution in [0.3, 0.4) is 0 Å². The van der Waals surface area contributed by atoms with Crippen LogP contribution in [0.2, 0.25) is 0 Å². The van der Waals surface area contributed by atoms with E-state index in [0.717, 1.165) is 84.1 Å². The predicted molar refractivity (Wildman–Crippen MR) is 531 cm³/mol. The minimum Gasteiger partial charge on any atom is -0.299 e. The van der Waals surface area contributed by atoms with Gasteiger partial charge in [0.05, 0.1) is 58.2 Å². The van der Waals surface area contributed by atoms with Crippen molar-refractivity contribution in [2.75, 3.05) is 0 Å². The van der Waals surface area contributed by atoms with Gasteiger partial charge < -0.3 is 0 Å². The second-order valence-corrected chi connectivity index (χ2v) is 34.7. The fourth-order valence-corrected chi connectivity index (χ4v) is 22.2. The van der Waals surface area contributed by atoms with E-state index in [1.807, 2.05) is 155 Å². The van der Waals surface area contributed by atoms with Gasteiger partial charge in [0.15, 0.2) is 34.9 Å². The minimum atomic E-state index is 0.656. The van der Waals surface area contributed by atoms with Crippen LogP contribution in [0.1, 0.15) is 12.7 Å². The van der Waals surface area contributed by atoms with Gasteiger partial charge in [-0.15, -0.1) is 34.0 Å². The first kappa shape index (κ1) is 74.8. The Morgan fingerprint density at radius 3 is 0.890 bits per heavy atom. The van der Waals surface area contributed by atoms with E-state index in [2.05, 4.69) is 316 Å². The molecule has 0 unspecified atom stereocenters. The van der Waals surface area contributed by atoms with Crippen LogP contribution >= 0.6 is 34.0 Å². The first-order chi connectivity index (χ1) is 63.0. The first-order valence-electron chi connectivity index (χ1n) is 42.7. The Morgan fingerprint density at radius 2 is 0.488 bits per heavy atom. The molecule has 598 valence electrons. The number of fused-ring (bicyclic) bond motifs is 18. The number of benzene rings is 17. The molecule has 11 nitrogen and oxygen atoms in total. The maximum absolute atomic E-state index is 5.05. The van der Waals surface area contributed by atoms with E-state index < -0.39 is 0 Å². The first-order valence-corrected chi connectivity index (χ1v) is 45.1. The summed E-state index contributed by atoms with van der Waals surface area (Å²) in [5, 5.41) is 8.35. The quantitative estimate of drug-likeness (QED) is 0.120. The third-order valence-electron chi connectivity index (χ3n) is 24.3. The van der Waals surface area contributed by atoms with Gasteiger partial charge in [-0.3, -0.25) is 17.8 Å². The molecule has 0 aliphatic heterocycles. The maximum Gasteiger partial charge on any atom is 0.164 e. The highest BCUT2D eigenvalue weighted by molar-refractivity contribution is 7.25. The molecule has 0 saturated heterocycles. The van der Waals surface area contributed by atoms with Crippen molar-refractivity contribution in [1.29, 1.82) is 0 Å². The lowest BCUT2D eigenvalue weighted by atomic mass is 9.93. The van der Waals surface area contributed by atoms with Crippen LogP contribution in [0, 0.1) is 0 Å². The zero-order chi connectivity index (χ0) is 84.0. The van der Waals surface area contributed by atoms with Gasteiger partial charge in [0.2, 0.25) is 0 Å². The molecule has 9 heterocycles. The van der Waals surface area contributed by atoms with E-state index in [4.69, 9.17) is 34.9 Å². The fraction of sp³-hybridized carbons (Fsp3) is 0.0177. The Hall–Kier alpha value is -16.0. The van der Waals surface area contributed by atoms with E-state index in [-0.39, 0.29) is 0 Å². The highest BCUT2D eigenvalue weighted by Crippen LogP contribution is 2.49. The van der Waals surface area contributed by atoms with Gasteiger partial charge >= 0.3 is 0 Å². The minimum absolute atomic E-state index is 0.656. The lowest BCUT2D eigenvalue weighted by Gasteiger charge is -2.13. The molecule has 14 heteroatoms. The molecule has 0 N–H and O–H groups in total. The number of hydrogen-bond acceptors (Lipinski definition) is 10. The average Bonchev–Trinajstić information content (AvgIpc) is 1.57. The highest BCUT2D eigenvalue weighted by Gasteiger charge is 2.26. The molecule has 0 saturated carbocycles. The molecule has 0 amide bonds. The van der Waals surface area contributed by atoms with Crippen molar-refractivity contribution in [1.82, 2.24) is 52.7 Å². The molecule has 0 atom stereocenters. The third kappa shape index (κ3) is 12.9. The van der Waals surface area contributed by atoms with Crippen molar-refractivity contribution in [3.8, 4) is 119 Å². The van der Waals surface area contributed by atoms with Crippen LogP contribution in [0.5, 0.6) is 0 Å². The average molecular weight is 1680 g/mol. The van der Waals surface area contributed by atoms with Gasteiger partial charge in [0.1, 0.15) is 20.3 Å². The lowest BCUT2D eigenvalue weighted by molar-refractivity contribution is 0.908. The molecule has 0 spiro atoms. The number of para-hydroxylation sites is 8. The van der Waals surface area contributed by atoms with Crippen LogP contribution in [0.4, 0.5) is 0 Å². The largest absolute Gasteiger partial charge is 0.299 e. The van der Waals surface area contributed by atoms with Gasteiger partial charge in [-0.1, -0.05) is 328 Å². The second kappa shape index (κ2) is 31.4. The zero-order valence-electron chi connectivity index (χ0n) is 68.6. The number of rotatable bonds is 12. The monoisotopic (exact) mass is 1680 g/mol. The highest BCUT2D eigenvalue weighted by atomic mass is 32.1. The topological polar surface area (TPSA) is 108 Å². The number of nitrogens with zero attached hydrogens (tertiary/aromatic N) is 11. The molecule has 0 bridgehead atoms. The predicted octanol–water partition coefficient (Wildman–Crippen LogP) is 30.2. The molecule has 127 heavy (non-hydrogen) atoms. The van der Waals surface area contributed by atoms with Gasteiger partial charge in [0.25, 0.3) is 0 Å². The smallest absolute Gasteiger partial charge is 0.164 e. The van der Waals surface area contributed by atoms with Crippen LogP contribution in [0.15, 0.2) is 413 Å². The molecule has 0 aliphatic carbocycles. The van der Waals surface area contributed by atoms with Crippen molar-refractivity contribution in [3.05, 3.63) is 418 Å². The van der Waals surface area contributed by atoms with E-state index in [0.29, 0.717) is 34.9 Å². The lowest BCUT2D eigenvalue weighted by Crippen LogP contribution is -2.00. The van der Waals surface area contributed by atoms with E-state index >= 15 is 0 Å². The third-order valence-corrected chi connectivity index (χ3v) is 27.7. The zero-order valence-corrected chi connectivity index (χ0v) is 71.1. The van der Waals surface area contributed by atoms with Crippen LogP contribution in [-0.2, 0) is 6.42 Å². The van der Waals surface area contributed by atoms with Crippen molar-refractivity contribution in [2.45, 2.75) is 13.3 Å². The van der Waals surface area contributed by atoms with Crippen molar-refractivity contribution < 1.29 is 0 Å². The van der Waals surface area contributed by atoms with Crippen LogP contribution < -0.4 is 0 Å². The summed E-state index contributed by atoms with van der Waals surface area (Å²) in [6.07, 6.45) is 0.892. The van der Waals surface area contributed by atoms with Gasteiger partial charge in [-0.05, 0) is 140 Å². The van der Waals surface area contributed by atoms with Crippen molar-refractivity contribution in [3.63, 3.8) is 0 Å². The summed E-state index contributed by atoms with van der Waals surface area (Å²) < 4.78 is 13.4. The SMILES string of the molecule is CCc1nc2ccccc2n1-c1ccc(-c2c3ccccc3n3c2sc2ccccc23)cc1.c1ccc(-c2nc(-c3ccccc3)nc(-c3ccc(-c4c5ccccc5n5c4sc4ccccc45)c4ccccc34)n2)cc1.c1ccc(-c2nc(-c3ccccc3)nc(-c3ccc(-c4ccc(-c5c6ccccc6n6c5sc5ccccc56)cc4)c4ccccc34)n2)cc1. The number of thiazole rings is 3. The normalized spacial score (nSPS) is 11.7. The Kier molecular flexibility index (Phi) is 18.5. The van der Waals surface area contributed by atoms with Crippen molar-refractivity contribution in [2.24, 2.45) is 0 Å². The summed E-state index contributed by atoms with van der Waals surface area (Å²) in [4.78, 5) is 38.6. The number of aromatic nitrogens is 11. The van der Waals surface area contributed by atoms with Crippen LogP contribution in [-0.4, -0.2) is 52.7 Å². The summed E-state index contributed by atoms with van der Waals surface area (Å²) >= 11 is 5.57. The molecule has 17 aromatic carbocycles. The number of hydrogen-bond donors (Lipinski definition) is 0. The molecule has 0 fully saturated rings. The maximum atomic E-state index is 5.05. The second-order valence-electron chi connectivity index (χ2n) is 31.6. The summed E-state index contributed by atoms with van der Waals surface area (Å²) in [6, 6.07) is 145. The molecular weight excluding hydrogens is 1610 g/mol. The molecule has 0 radical (unpaired) electrons. The number of aryl methyl sites for hydroxylation is 1. The Morgan fingerprint density at radius 1 is 0.205 bits per heavy atom. The molecule has 0 aliphatic rings. The summed E-state index contributed by atoms with van der Waals surface area (Å²) in [6.45, 7) is 2.16. The van der Waals surface area contributed by atoms with Gasteiger partial charge in [-0.25, -0.2) is 34.9 Å². The molecule has 9 aromatic heterocycles. The van der Waals surface area contributed by atoms with Gasteiger partial charge in [-0.2, -0.15) is 0 Å². The summed E-state index contributed by atoms with van der Waals surface area (Å²) in [5.41, 5.74) is 26.5. The standard InChI is InChI=1S/C45H28N4S.C39H24N4S.C29H21N3S/c1-3-13-31(14-4-1)42-46-43(32-15-5-2-6-16-32)48-44(47-42)36-28-27-33(34-17-7-8-18-35(34)36)29-23-25-30(26-24-29)41-37-19-9-10-20-38(37)49-39-21-11-12-22-40(39)50-45(41)49;1-3-13-25(14-4-1)36-40-37(26-15-5-2-6-16-26)42-38(41-36)30-24-23-29(27-17-7-8-18-28(27)30)35-31-19-9-10-20-32(31)43-33-21-11-12-22-34(33)44-39(35)43;1-2-27-30-22-10-4-6-12-24(22)31(27)20-17-15-19(16-18-20)28-21-9-3-5-11-23(21)32-25-13-7-8-14-26(25)33-29(28)32/h1-28H;1-24H;3-18H,2H2,1H3. The molecular formula is C113H73N11S3. The van der Waals surface area contributed by atoms with Crippen molar-refractivity contribution >= 4 is 144 Å². The fourth-order valence-electron chi connectivity index (χ4n) is 18.5. The summed E-state index contributed by atoms with van der Waals surface area (Å²) in [7, 11) is 0. The van der Waals surface area contributed by atoms with E-state index in [1.165, 1.54) is 122 Å². The summed E-state index contributed by atoms with van der Waals surface area (Å²) in [5.74, 6) is 5.04. The van der Waals surface area contributed by atoms with Gasteiger partial charge in [0, 0.05) is 78.3 Å². The van der Waals surface area contributed by atoms with E-state index in [1.54, 1.807) is 0 Å².